The number of ether oxygens (including phenoxy) is 3. The molecule has 32 heavy (non-hydrogen) atoms. The number of carbonyl (C=O) groups excluding carboxylic acids is 1. The van der Waals surface area contributed by atoms with Crippen molar-refractivity contribution in [3.05, 3.63) is 47.4 Å². The zero-order valence-electron chi connectivity index (χ0n) is 16.7. The Bertz CT molecular complexity index is 972. The van der Waals surface area contributed by atoms with Crippen LogP contribution in [0.15, 0.2) is 30.5 Å². The summed E-state index contributed by atoms with van der Waals surface area (Å²) in [4.78, 5) is 16.7. The van der Waals surface area contributed by atoms with Crippen molar-refractivity contribution < 1.29 is 45.3 Å². The van der Waals surface area contributed by atoms with Crippen molar-refractivity contribution in [3.63, 3.8) is 0 Å². The maximum atomic E-state index is 14.5. The Hall–Kier alpha value is -3.02. The summed E-state index contributed by atoms with van der Waals surface area (Å²) in [5.74, 6) is -2.50. The van der Waals surface area contributed by atoms with Gasteiger partial charge < -0.3 is 14.2 Å². The number of rotatable bonds is 7. The van der Waals surface area contributed by atoms with Crippen LogP contribution < -0.4 is 14.4 Å². The molecule has 1 aliphatic rings. The highest BCUT2D eigenvalue weighted by atomic mass is 19.4. The molecule has 0 N–H and O–H groups in total. The van der Waals surface area contributed by atoms with E-state index in [2.05, 4.69) is 9.72 Å². The molecule has 0 spiro atoms. The summed E-state index contributed by atoms with van der Waals surface area (Å²) in [6.45, 7) is -3.68. The molecule has 0 saturated heterocycles. The number of hydrogen-bond acceptors (Lipinski definition) is 5. The summed E-state index contributed by atoms with van der Waals surface area (Å²) >= 11 is 0. The van der Waals surface area contributed by atoms with Crippen molar-refractivity contribution >= 4 is 12.2 Å². The standard InChI is InChI=1S/C20H18F6N2O4/c1-30-10-19(6-3-7-31-16-13(19)4-2-5-14(16)21)28(11-29)17-15(32-18(22)23)8-12(9-27-17)20(24,25)26/h2,4-5,8-9,11,18H,3,6-7,10H2,1H3. The van der Waals surface area contributed by atoms with E-state index in [9.17, 15) is 31.1 Å². The molecule has 1 unspecified atom stereocenters. The van der Waals surface area contributed by atoms with E-state index in [-0.39, 0.29) is 43.8 Å². The number of fused-ring (bicyclic) bond motifs is 1. The van der Waals surface area contributed by atoms with Gasteiger partial charge in [-0.15, -0.1) is 0 Å². The van der Waals surface area contributed by atoms with Gasteiger partial charge in [-0.05, 0) is 25.0 Å². The van der Waals surface area contributed by atoms with Gasteiger partial charge in [-0.3, -0.25) is 9.69 Å². The minimum Gasteiger partial charge on any atom is -0.490 e. The molecule has 2 aromatic rings. The SMILES string of the molecule is COCC1(N(C=O)c2ncc(C(F)(F)F)cc2OC(F)F)CCCOc2c(F)cccc21. The van der Waals surface area contributed by atoms with Gasteiger partial charge in [0.25, 0.3) is 0 Å². The highest BCUT2D eigenvalue weighted by Crippen LogP contribution is 2.46. The first kappa shape index (κ1) is 23.6. The molecule has 3 rings (SSSR count). The largest absolute Gasteiger partial charge is 0.490 e. The van der Waals surface area contributed by atoms with E-state index in [0.717, 1.165) is 11.0 Å². The predicted molar refractivity (Wildman–Crippen MR) is 99.1 cm³/mol. The topological polar surface area (TPSA) is 60.9 Å². The van der Waals surface area contributed by atoms with Gasteiger partial charge in [-0.25, -0.2) is 9.37 Å². The maximum Gasteiger partial charge on any atom is 0.418 e. The van der Waals surface area contributed by atoms with Gasteiger partial charge in [-0.1, -0.05) is 12.1 Å². The summed E-state index contributed by atoms with van der Waals surface area (Å²) in [5.41, 5.74) is -2.73. The van der Waals surface area contributed by atoms with Gasteiger partial charge in [-0.2, -0.15) is 22.0 Å². The fourth-order valence-corrected chi connectivity index (χ4v) is 3.71. The second kappa shape index (κ2) is 9.23. The number of nitrogens with zero attached hydrogens (tertiary/aromatic N) is 2. The molecule has 12 heteroatoms. The summed E-state index contributed by atoms with van der Waals surface area (Å²) in [6, 6.07) is 4.27. The van der Waals surface area contributed by atoms with Crippen LogP contribution in [0.1, 0.15) is 24.0 Å². The van der Waals surface area contributed by atoms with Crippen LogP contribution in [0.4, 0.5) is 32.2 Å². The van der Waals surface area contributed by atoms with Crippen LogP contribution in [-0.4, -0.2) is 38.3 Å². The summed E-state index contributed by atoms with van der Waals surface area (Å²) in [7, 11) is 1.30. The molecule has 0 radical (unpaired) electrons. The molecule has 2 heterocycles. The van der Waals surface area contributed by atoms with Gasteiger partial charge in [0.05, 0.1) is 18.8 Å². The van der Waals surface area contributed by atoms with Crippen LogP contribution in [0.5, 0.6) is 11.5 Å². The summed E-state index contributed by atoms with van der Waals surface area (Å²) in [5, 5.41) is 0. The highest BCUT2D eigenvalue weighted by molar-refractivity contribution is 5.80. The number of anilines is 1. The number of amides is 1. The first-order chi connectivity index (χ1) is 15.1. The molecule has 1 aromatic carbocycles. The molecule has 0 bridgehead atoms. The van der Waals surface area contributed by atoms with Crippen LogP contribution in [-0.2, 0) is 21.2 Å². The van der Waals surface area contributed by atoms with Gasteiger partial charge >= 0.3 is 12.8 Å². The lowest BCUT2D eigenvalue weighted by Crippen LogP contribution is -2.49. The first-order valence-corrected chi connectivity index (χ1v) is 9.31. The van der Waals surface area contributed by atoms with Crippen LogP contribution in [0.2, 0.25) is 0 Å². The molecule has 0 fully saturated rings. The van der Waals surface area contributed by atoms with E-state index in [1.165, 1.54) is 19.2 Å². The fourth-order valence-electron chi connectivity index (χ4n) is 3.71. The Balaban J connectivity index is 2.25. The molecular weight excluding hydrogens is 446 g/mol. The average Bonchev–Trinajstić information content (AvgIpc) is 2.90. The molecule has 0 saturated carbocycles. The second-order valence-electron chi connectivity index (χ2n) is 6.93. The third-order valence-corrected chi connectivity index (χ3v) is 5.00. The number of aromatic nitrogens is 1. The fraction of sp³-hybridized carbons (Fsp3) is 0.400. The van der Waals surface area contributed by atoms with Crippen LogP contribution >= 0.6 is 0 Å². The van der Waals surface area contributed by atoms with Gasteiger partial charge in [0.2, 0.25) is 6.41 Å². The highest BCUT2D eigenvalue weighted by Gasteiger charge is 2.45. The Labute approximate surface area is 178 Å². The van der Waals surface area contributed by atoms with Crippen molar-refractivity contribution in [2.45, 2.75) is 31.2 Å². The van der Waals surface area contributed by atoms with Crippen molar-refractivity contribution in [2.75, 3.05) is 25.2 Å². The third kappa shape index (κ3) is 4.45. The molecule has 6 nitrogen and oxygen atoms in total. The van der Waals surface area contributed by atoms with Crippen LogP contribution in [0.25, 0.3) is 0 Å². The zero-order valence-corrected chi connectivity index (χ0v) is 16.7. The van der Waals surface area contributed by atoms with Crippen molar-refractivity contribution in [2.24, 2.45) is 0 Å². The lowest BCUT2D eigenvalue weighted by molar-refractivity contribution is -0.138. The lowest BCUT2D eigenvalue weighted by Gasteiger charge is -2.41. The summed E-state index contributed by atoms with van der Waals surface area (Å²) < 4.78 is 94.9. The number of halogens is 6. The average molecular weight is 464 g/mol. The Kier molecular flexibility index (Phi) is 6.82. The van der Waals surface area contributed by atoms with Crippen LogP contribution in [0.3, 0.4) is 0 Å². The normalized spacial score (nSPS) is 18.5. The minimum absolute atomic E-state index is 0.0763. The predicted octanol–water partition coefficient (Wildman–Crippen LogP) is 4.52. The molecule has 1 aromatic heterocycles. The van der Waals surface area contributed by atoms with E-state index in [0.29, 0.717) is 12.3 Å². The number of pyridine rings is 1. The molecule has 174 valence electrons. The number of alkyl halides is 5. The Morgan fingerprint density at radius 2 is 2.09 bits per heavy atom. The maximum absolute atomic E-state index is 14.5. The minimum atomic E-state index is -4.89. The number of methoxy groups -OCH3 is 1. The zero-order chi connectivity index (χ0) is 23.5. The number of para-hydroxylation sites is 1. The first-order valence-electron chi connectivity index (χ1n) is 9.31. The van der Waals surface area contributed by atoms with E-state index in [1.54, 1.807) is 0 Å². The monoisotopic (exact) mass is 464 g/mol. The Morgan fingerprint density at radius 1 is 1.34 bits per heavy atom. The number of hydrogen-bond donors (Lipinski definition) is 0. The smallest absolute Gasteiger partial charge is 0.418 e. The van der Waals surface area contributed by atoms with Crippen molar-refractivity contribution in [1.29, 1.82) is 0 Å². The van der Waals surface area contributed by atoms with Gasteiger partial charge in [0.15, 0.2) is 23.1 Å². The molecule has 1 aliphatic heterocycles. The van der Waals surface area contributed by atoms with E-state index in [4.69, 9.17) is 9.47 Å². The second-order valence-corrected chi connectivity index (χ2v) is 6.93. The van der Waals surface area contributed by atoms with Gasteiger partial charge in [0, 0.05) is 18.9 Å². The van der Waals surface area contributed by atoms with Crippen molar-refractivity contribution in [1.82, 2.24) is 4.98 Å². The number of carbonyl (C=O) groups is 1. The van der Waals surface area contributed by atoms with E-state index in [1.807, 2.05) is 0 Å². The third-order valence-electron chi connectivity index (χ3n) is 5.00. The Morgan fingerprint density at radius 3 is 2.72 bits per heavy atom. The lowest BCUT2D eigenvalue weighted by atomic mass is 9.84. The summed E-state index contributed by atoms with van der Waals surface area (Å²) in [6.07, 6.45) is -3.91. The molecule has 1 atom stereocenters. The number of benzene rings is 1. The van der Waals surface area contributed by atoms with E-state index >= 15 is 0 Å². The molecule has 1 amide bonds. The quantitative estimate of drug-likeness (QED) is 0.446. The van der Waals surface area contributed by atoms with Gasteiger partial charge in [0.1, 0.15) is 5.54 Å². The van der Waals surface area contributed by atoms with Crippen LogP contribution in [0, 0.1) is 5.82 Å². The molecular formula is C20H18F6N2O4. The van der Waals surface area contributed by atoms with Crippen molar-refractivity contribution in [3.8, 4) is 11.5 Å². The van der Waals surface area contributed by atoms with E-state index < -0.39 is 41.3 Å². The molecule has 0 aliphatic carbocycles.